The van der Waals surface area contributed by atoms with E-state index in [1.807, 2.05) is 0 Å². The van der Waals surface area contributed by atoms with Crippen LogP contribution in [-0.2, 0) is 7.05 Å². The van der Waals surface area contributed by atoms with Crippen molar-refractivity contribution in [1.29, 1.82) is 0 Å². The third-order valence-electron chi connectivity index (χ3n) is 2.16. The molecule has 0 atom stereocenters. The van der Waals surface area contributed by atoms with Crippen molar-refractivity contribution in [3.05, 3.63) is 29.8 Å². The van der Waals surface area contributed by atoms with Gasteiger partial charge in [0.15, 0.2) is 5.78 Å². The lowest BCUT2D eigenvalue weighted by Crippen LogP contribution is -2.13. The molecule has 0 radical (unpaired) electrons. The monoisotopic (exact) mass is 217 g/mol. The molecule has 0 saturated heterocycles. The molecule has 0 bridgehead atoms. The third kappa shape index (κ3) is 1.96. The van der Waals surface area contributed by atoms with E-state index in [1.165, 1.54) is 4.80 Å². The SMILES string of the molecule is Cn1nnc(-c2ccc(C(=O)CN)cc2)n1. The summed E-state index contributed by atoms with van der Waals surface area (Å²) >= 11 is 0. The van der Waals surface area contributed by atoms with Gasteiger partial charge >= 0.3 is 0 Å². The minimum atomic E-state index is -0.0846. The molecule has 0 saturated carbocycles. The van der Waals surface area contributed by atoms with Gasteiger partial charge in [0.05, 0.1) is 13.6 Å². The van der Waals surface area contributed by atoms with E-state index in [9.17, 15) is 4.79 Å². The first-order valence-electron chi connectivity index (χ1n) is 4.78. The summed E-state index contributed by atoms with van der Waals surface area (Å²) < 4.78 is 0. The lowest BCUT2D eigenvalue weighted by Gasteiger charge is -1.98. The zero-order valence-electron chi connectivity index (χ0n) is 8.79. The summed E-state index contributed by atoms with van der Waals surface area (Å²) in [6.07, 6.45) is 0. The van der Waals surface area contributed by atoms with Crippen LogP contribution in [0.15, 0.2) is 24.3 Å². The van der Waals surface area contributed by atoms with Crippen molar-refractivity contribution < 1.29 is 4.79 Å². The first-order chi connectivity index (χ1) is 7.70. The fourth-order valence-electron chi connectivity index (χ4n) is 1.32. The Bertz CT molecular complexity index is 502. The van der Waals surface area contributed by atoms with E-state index in [-0.39, 0.29) is 12.3 Å². The highest BCUT2D eigenvalue weighted by Gasteiger charge is 2.06. The smallest absolute Gasteiger partial charge is 0.204 e. The molecule has 1 aromatic carbocycles. The Labute approximate surface area is 92.1 Å². The number of nitrogens with zero attached hydrogens (tertiary/aromatic N) is 4. The average Bonchev–Trinajstić information content (AvgIpc) is 2.75. The van der Waals surface area contributed by atoms with Crippen LogP contribution in [0.4, 0.5) is 0 Å². The van der Waals surface area contributed by atoms with Gasteiger partial charge in [-0.3, -0.25) is 4.79 Å². The second kappa shape index (κ2) is 4.19. The molecule has 2 N–H and O–H groups in total. The maximum absolute atomic E-state index is 11.3. The summed E-state index contributed by atoms with van der Waals surface area (Å²) in [5.41, 5.74) is 6.68. The minimum Gasteiger partial charge on any atom is -0.324 e. The van der Waals surface area contributed by atoms with E-state index in [1.54, 1.807) is 31.3 Å². The first-order valence-corrected chi connectivity index (χ1v) is 4.78. The lowest BCUT2D eigenvalue weighted by atomic mass is 10.1. The van der Waals surface area contributed by atoms with Crippen LogP contribution in [-0.4, -0.2) is 32.5 Å². The van der Waals surface area contributed by atoms with Crippen molar-refractivity contribution >= 4 is 5.78 Å². The predicted octanol–water partition coefficient (Wildman–Crippen LogP) is 0.0185. The molecule has 0 aliphatic rings. The van der Waals surface area contributed by atoms with E-state index in [4.69, 9.17) is 5.73 Å². The highest BCUT2D eigenvalue weighted by atomic mass is 16.1. The summed E-state index contributed by atoms with van der Waals surface area (Å²) in [5.74, 6) is 0.452. The van der Waals surface area contributed by atoms with Gasteiger partial charge in [-0.05, 0) is 5.21 Å². The quantitative estimate of drug-likeness (QED) is 0.732. The van der Waals surface area contributed by atoms with Crippen LogP contribution in [0, 0.1) is 0 Å². The third-order valence-corrected chi connectivity index (χ3v) is 2.16. The van der Waals surface area contributed by atoms with E-state index < -0.39 is 0 Å². The van der Waals surface area contributed by atoms with Gasteiger partial charge in [-0.1, -0.05) is 24.3 Å². The number of benzene rings is 1. The number of aryl methyl sites for hydroxylation is 1. The zero-order chi connectivity index (χ0) is 11.5. The largest absolute Gasteiger partial charge is 0.324 e. The van der Waals surface area contributed by atoms with E-state index >= 15 is 0 Å². The molecule has 0 fully saturated rings. The number of rotatable bonds is 3. The molecule has 0 spiro atoms. The summed E-state index contributed by atoms with van der Waals surface area (Å²) in [4.78, 5) is 12.7. The molecule has 6 nitrogen and oxygen atoms in total. The standard InChI is InChI=1S/C10H11N5O/c1-15-13-10(12-14-15)8-4-2-7(3-5-8)9(16)6-11/h2-5H,6,11H2,1H3. The number of carbonyl (C=O) groups excluding carboxylic acids is 1. The number of hydrogen-bond acceptors (Lipinski definition) is 5. The molecule has 6 heteroatoms. The Kier molecular flexibility index (Phi) is 2.74. The summed E-state index contributed by atoms with van der Waals surface area (Å²) in [6, 6.07) is 6.97. The lowest BCUT2D eigenvalue weighted by molar-refractivity contribution is 0.100. The van der Waals surface area contributed by atoms with Gasteiger partial charge in [-0.15, -0.1) is 10.2 Å². The van der Waals surface area contributed by atoms with Gasteiger partial charge in [0.2, 0.25) is 5.82 Å². The van der Waals surface area contributed by atoms with Crippen molar-refractivity contribution in [2.75, 3.05) is 6.54 Å². The molecule has 82 valence electrons. The topological polar surface area (TPSA) is 86.7 Å². The summed E-state index contributed by atoms with van der Waals surface area (Å²) in [7, 11) is 1.70. The fourth-order valence-corrected chi connectivity index (χ4v) is 1.32. The summed E-state index contributed by atoms with van der Waals surface area (Å²) in [5, 5.41) is 11.7. The van der Waals surface area contributed by atoms with Gasteiger partial charge < -0.3 is 5.73 Å². The first kappa shape index (κ1) is 10.4. The van der Waals surface area contributed by atoms with Gasteiger partial charge in [-0.2, -0.15) is 4.80 Å². The van der Waals surface area contributed by atoms with Crippen LogP contribution >= 0.6 is 0 Å². The van der Waals surface area contributed by atoms with Crippen LogP contribution in [0.2, 0.25) is 0 Å². The van der Waals surface area contributed by atoms with Gasteiger partial charge in [0.25, 0.3) is 0 Å². The number of nitrogens with two attached hydrogens (primary N) is 1. The van der Waals surface area contributed by atoms with Crippen LogP contribution in [0.25, 0.3) is 11.4 Å². The minimum absolute atomic E-state index is 0.0166. The molecular weight excluding hydrogens is 206 g/mol. The zero-order valence-corrected chi connectivity index (χ0v) is 8.79. The van der Waals surface area contributed by atoms with Crippen molar-refractivity contribution in [2.45, 2.75) is 0 Å². The number of hydrogen-bond donors (Lipinski definition) is 1. The number of ketones is 1. The second-order valence-corrected chi connectivity index (χ2v) is 3.31. The molecule has 1 aromatic heterocycles. The van der Waals surface area contributed by atoms with E-state index in [2.05, 4.69) is 15.4 Å². The maximum atomic E-state index is 11.3. The van der Waals surface area contributed by atoms with Crippen molar-refractivity contribution in [3.8, 4) is 11.4 Å². The van der Waals surface area contributed by atoms with E-state index in [0.717, 1.165) is 5.56 Å². The van der Waals surface area contributed by atoms with Crippen molar-refractivity contribution in [2.24, 2.45) is 12.8 Å². The Morgan fingerprint density at radius 1 is 1.38 bits per heavy atom. The molecule has 0 aliphatic carbocycles. The average molecular weight is 217 g/mol. The number of aromatic nitrogens is 4. The highest BCUT2D eigenvalue weighted by molar-refractivity contribution is 5.97. The fraction of sp³-hybridized carbons (Fsp3) is 0.200. The Hall–Kier alpha value is -2.08. The van der Waals surface area contributed by atoms with Gasteiger partial charge in [-0.25, -0.2) is 0 Å². The van der Waals surface area contributed by atoms with E-state index in [0.29, 0.717) is 11.4 Å². The van der Waals surface area contributed by atoms with Crippen molar-refractivity contribution in [1.82, 2.24) is 20.2 Å². The molecule has 2 rings (SSSR count). The summed E-state index contributed by atoms with van der Waals surface area (Å²) in [6.45, 7) is 0.0166. The number of carbonyl (C=O) groups is 1. The van der Waals surface area contributed by atoms with Crippen LogP contribution < -0.4 is 5.73 Å². The van der Waals surface area contributed by atoms with Gasteiger partial charge in [0, 0.05) is 11.1 Å². The Morgan fingerprint density at radius 3 is 2.56 bits per heavy atom. The predicted molar refractivity (Wildman–Crippen MR) is 57.6 cm³/mol. The highest BCUT2D eigenvalue weighted by Crippen LogP contribution is 2.14. The molecule has 0 unspecified atom stereocenters. The second-order valence-electron chi connectivity index (χ2n) is 3.31. The molecule has 0 amide bonds. The molecule has 16 heavy (non-hydrogen) atoms. The normalized spacial score (nSPS) is 10.4. The molecule has 0 aliphatic heterocycles. The maximum Gasteiger partial charge on any atom is 0.204 e. The van der Waals surface area contributed by atoms with Crippen LogP contribution in [0.5, 0.6) is 0 Å². The Balaban J connectivity index is 2.29. The molecule has 2 aromatic rings. The van der Waals surface area contributed by atoms with Crippen LogP contribution in [0.1, 0.15) is 10.4 Å². The number of Topliss-reactive ketones (excluding diaryl/α,β-unsaturated/α-hetero) is 1. The Morgan fingerprint density at radius 2 is 2.06 bits per heavy atom. The van der Waals surface area contributed by atoms with Gasteiger partial charge in [0.1, 0.15) is 0 Å². The van der Waals surface area contributed by atoms with Crippen LogP contribution in [0.3, 0.4) is 0 Å². The van der Waals surface area contributed by atoms with Crippen molar-refractivity contribution in [3.63, 3.8) is 0 Å². The number of tetrazole rings is 1. The molecule has 1 heterocycles. The molecular formula is C10H11N5O.